The van der Waals surface area contributed by atoms with Crippen LogP contribution in [0.15, 0.2) is 42.5 Å². The van der Waals surface area contributed by atoms with E-state index in [4.69, 9.17) is 9.47 Å². The normalized spacial score (nSPS) is 10.8. The van der Waals surface area contributed by atoms with Crippen molar-refractivity contribution in [1.29, 1.82) is 0 Å². The predicted molar refractivity (Wildman–Crippen MR) is 98.1 cm³/mol. The van der Waals surface area contributed by atoms with Crippen molar-refractivity contribution in [2.75, 3.05) is 19.0 Å². The minimum Gasteiger partial charge on any atom is -0.492 e. The van der Waals surface area contributed by atoms with Gasteiger partial charge in [0.05, 0.1) is 23.8 Å². The Hall–Kier alpha value is -2.44. The average Bonchev–Trinajstić information content (AvgIpc) is 2.97. The Balaban J connectivity index is 2.00. The number of thiophene rings is 1. The van der Waals surface area contributed by atoms with Crippen molar-refractivity contribution in [3.63, 3.8) is 0 Å². The highest BCUT2D eigenvalue weighted by Crippen LogP contribution is 2.35. The summed E-state index contributed by atoms with van der Waals surface area (Å²) in [5, 5.41) is 3.30. The van der Waals surface area contributed by atoms with Crippen molar-refractivity contribution in [1.82, 2.24) is 0 Å². The van der Waals surface area contributed by atoms with E-state index in [1.54, 1.807) is 24.3 Å². The zero-order valence-corrected chi connectivity index (χ0v) is 14.8. The van der Waals surface area contributed by atoms with Crippen LogP contribution in [0.5, 0.6) is 5.75 Å². The Morgan fingerprint density at radius 2 is 2.00 bits per heavy atom. The topological polar surface area (TPSA) is 47.6 Å². The van der Waals surface area contributed by atoms with Gasteiger partial charge in [-0.15, -0.1) is 11.3 Å². The number of anilines is 1. The first-order chi connectivity index (χ1) is 12.2. The van der Waals surface area contributed by atoms with Gasteiger partial charge >= 0.3 is 0 Å². The molecular formula is C19H18FNO3S. The number of methoxy groups -OCH3 is 1. The molecule has 0 saturated heterocycles. The number of halogens is 1. The van der Waals surface area contributed by atoms with Gasteiger partial charge < -0.3 is 14.8 Å². The van der Waals surface area contributed by atoms with Crippen LogP contribution in [0, 0.1) is 5.82 Å². The quantitative estimate of drug-likeness (QED) is 0.685. The lowest BCUT2D eigenvalue weighted by Crippen LogP contribution is -2.13. The first-order valence-corrected chi connectivity index (χ1v) is 8.69. The number of benzene rings is 2. The van der Waals surface area contributed by atoms with Gasteiger partial charge in [-0.2, -0.15) is 0 Å². The first-order valence-electron chi connectivity index (χ1n) is 7.87. The van der Waals surface area contributed by atoms with Crippen LogP contribution in [0.3, 0.4) is 0 Å². The molecule has 2 aromatic carbocycles. The molecule has 0 aliphatic carbocycles. The number of carbonyl (C=O) groups is 1. The molecule has 1 N–H and O–H groups in total. The van der Waals surface area contributed by atoms with Crippen LogP contribution in [0.4, 0.5) is 10.1 Å². The summed E-state index contributed by atoms with van der Waals surface area (Å²) in [6.45, 7) is 2.54. The lowest BCUT2D eigenvalue weighted by atomic mass is 10.1. The van der Waals surface area contributed by atoms with E-state index < -0.39 is 0 Å². The number of fused-ring (bicyclic) bond motifs is 1. The van der Waals surface area contributed by atoms with E-state index in [1.807, 2.05) is 19.1 Å². The molecule has 0 radical (unpaired) electrons. The standard InChI is InChI=1S/C19H18FNO3S/c1-3-24-15-9-5-4-8-14(15)21-19(22)18-12(11-23-2)17-13(20)7-6-10-16(17)25-18/h4-10H,3,11H2,1-2H3,(H,21,22). The molecule has 6 heteroatoms. The van der Waals surface area contributed by atoms with E-state index in [-0.39, 0.29) is 18.3 Å². The molecule has 0 saturated carbocycles. The maximum Gasteiger partial charge on any atom is 0.266 e. The molecule has 0 bridgehead atoms. The summed E-state index contributed by atoms with van der Waals surface area (Å²) in [5.41, 5.74) is 1.14. The number of ether oxygens (including phenoxy) is 2. The predicted octanol–water partition coefficient (Wildman–Crippen LogP) is 4.84. The number of carbonyl (C=O) groups excluding carboxylic acids is 1. The number of para-hydroxylation sites is 2. The molecule has 25 heavy (non-hydrogen) atoms. The molecule has 0 unspecified atom stereocenters. The molecule has 130 valence electrons. The van der Waals surface area contributed by atoms with Crippen LogP contribution in [0.25, 0.3) is 10.1 Å². The molecule has 3 aromatic rings. The smallest absolute Gasteiger partial charge is 0.266 e. The van der Waals surface area contributed by atoms with Crippen molar-refractivity contribution >= 4 is 33.0 Å². The number of hydrogen-bond donors (Lipinski definition) is 1. The SMILES string of the molecule is CCOc1ccccc1NC(=O)c1sc2cccc(F)c2c1COC. The molecular weight excluding hydrogens is 341 g/mol. The Labute approximate surface area is 149 Å². The summed E-state index contributed by atoms with van der Waals surface area (Å²) in [6.07, 6.45) is 0. The maximum absolute atomic E-state index is 14.2. The van der Waals surface area contributed by atoms with Gasteiger partial charge in [-0.3, -0.25) is 4.79 Å². The van der Waals surface area contributed by atoms with E-state index in [9.17, 15) is 9.18 Å². The Morgan fingerprint density at radius 3 is 2.76 bits per heavy atom. The summed E-state index contributed by atoms with van der Waals surface area (Å²) in [4.78, 5) is 13.3. The number of hydrogen-bond acceptors (Lipinski definition) is 4. The second-order valence-corrected chi connectivity index (χ2v) is 6.39. The van der Waals surface area contributed by atoms with E-state index in [0.717, 1.165) is 4.70 Å². The zero-order valence-electron chi connectivity index (χ0n) is 14.0. The van der Waals surface area contributed by atoms with Crippen LogP contribution >= 0.6 is 11.3 Å². The summed E-state index contributed by atoms with van der Waals surface area (Å²) in [7, 11) is 1.52. The van der Waals surface area contributed by atoms with Crippen molar-refractivity contribution in [2.45, 2.75) is 13.5 Å². The highest BCUT2D eigenvalue weighted by Gasteiger charge is 2.21. The third kappa shape index (κ3) is 3.50. The van der Waals surface area contributed by atoms with Gasteiger partial charge in [0.2, 0.25) is 0 Å². The van der Waals surface area contributed by atoms with Crippen LogP contribution in [0.1, 0.15) is 22.2 Å². The maximum atomic E-state index is 14.2. The average molecular weight is 359 g/mol. The fourth-order valence-corrected chi connectivity index (χ4v) is 3.78. The second kappa shape index (κ2) is 7.63. The van der Waals surface area contributed by atoms with Gasteiger partial charge in [-0.25, -0.2) is 4.39 Å². The molecule has 0 fully saturated rings. The van der Waals surface area contributed by atoms with Crippen LogP contribution < -0.4 is 10.1 Å². The fraction of sp³-hybridized carbons (Fsp3) is 0.211. The third-order valence-corrected chi connectivity index (χ3v) is 4.89. The van der Waals surface area contributed by atoms with Crippen molar-refractivity contribution < 1.29 is 18.7 Å². The molecule has 1 amide bonds. The summed E-state index contributed by atoms with van der Waals surface area (Å²) >= 11 is 1.25. The minimum atomic E-state index is -0.352. The van der Waals surface area contributed by atoms with E-state index in [0.29, 0.717) is 33.9 Å². The molecule has 1 heterocycles. The van der Waals surface area contributed by atoms with Gasteiger partial charge in [0.25, 0.3) is 5.91 Å². The van der Waals surface area contributed by atoms with Crippen molar-refractivity contribution in [3.05, 3.63) is 58.7 Å². The van der Waals surface area contributed by atoms with Crippen molar-refractivity contribution in [3.8, 4) is 5.75 Å². The Kier molecular flexibility index (Phi) is 5.31. The van der Waals surface area contributed by atoms with E-state index >= 15 is 0 Å². The summed E-state index contributed by atoms with van der Waals surface area (Å²) in [6, 6.07) is 12.0. The van der Waals surface area contributed by atoms with Crippen LogP contribution in [-0.2, 0) is 11.3 Å². The summed E-state index contributed by atoms with van der Waals surface area (Å²) < 4.78 is 25.7. The van der Waals surface area contributed by atoms with Gasteiger partial charge in [0.1, 0.15) is 11.6 Å². The van der Waals surface area contributed by atoms with E-state index in [1.165, 1.54) is 24.5 Å². The van der Waals surface area contributed by atoms with Crippen LogP contribution in [0.2, 0.25) is 0 Å². The van der Waals surface area contributed by atoms with Gasteiger partial charge in [0.15, 0.2) is 0 Å². The number of nitrogens with one attached hydrogen (secondary N) is 1. The lowest BCUT2D eigenvalue weighted by molar-refractivity contribution is 0.102. The Morgan fingerprint density at radius 1 is 1.20 bits per heavy atom. The number of rotatable bonds is 6. The molecule has 3 rings (SSSR count). The Bertz CT molecular complexity index is 907. The molecule has 0 atom stereocenters. The second-order valence-electron chi connectivity index (χ2n) is 5.34. The number of amides is 1. The van der Waals surface area contributed by atoms with E-state index in [2.05, 4.69) is 5.32 Å². The summed E-state index contributed by atoms with van der Waals surface area (Å²) in [5.74, 6) is -0.0618. The molecule has 0 spiro atoms. The molecule has 0 aliphatic rings. The third-order valence-electron chi connectivity index (χ3n) is 3.69. The van der Waals surface area contributed by atoms with Gasteiger partial charge in [0, 0.05) is 22.8 Å². The molecule has 0 aliphatic heterocycles. The van der Waals surface area contributed by atoms with Gasteiger partial charge in [-0.05, 0) is 31.2 Å². The van der Waals surface area contributed by atoms with Gasteiger partial charge in [-0.1, -0.05) is 18.2 Å². The monoisotopic (exact) mass is 359 g/mol. The lowest BCUT2D eigenvalue weighted by Gasteiger charge is -2.11. The van der Waals surface area contributed by atoms with Crippen LogP contribution in [-0.4, -0.2) is 19.6 Å². The largest absolute Gasteiger partial charge is 0.492 e. The highest BCUT2D eigenvalue weighted by molar-refractivity contribution is 7.21. The fourth-order valence-electron chi connectivity index (χ4n) is 2.66. The molecule has 1 aromatic heterocycles. The zero-order chi connectivity index (χ0) is 17.8. The minimum absolute atomic E-state index is 0.163. The van der Waals surface area contributed by atoms with Crippen molar-refractivity contribution in [2.24, 2.45) is 0 Å². The highest BCUT2D eigenvalue weighted by atomic mass is 32.1. The first kappa shape index (κ1) is 17.4. The molecule has 4 nitrogen and oxygen atoms in total.